The summed E-state index contributed by atoms with van der Waals surface area (Å²) in [7, 11) is 1.64. The van der Waals surface area contributed by atoms with E-state index >= 15 is 0 Å². The number of halogens is 1. The standard InChI is InChI=1S/C20H18ClN3O2/c1-3-10-24(12-15-6-4-5-7-17(15)21)19(25)14-8-9-16-18(11-14)22-13-23(2)20(16)26/h3-9,11,13H,1,10,12H2,2H3. The van der Waals surface area contributed by atoms with Gasteiger partial charge in [-0.2, -0.15) is 0 Å². The quantitative estimate of drug-likeness (QED) is 0.649. The molecular formula is C20H18ClN3O2. The van der Waals surface area contributed by atoms with E-state index in [1.54, 1.807) is 42.3 Å². The van der Waals surface area contributed by atoms with Crippen molar-refractivity contribution in [3.05, 3.63) is 88.0 Å². The average molecular weight is 368 g/mol. The zero-order valence-corrected chi connectivity index (χ0v) is 15.1. The Hall–Kier alpha value is -2.92. The Kier molecular flexibility index (Phi) is 5.19. The van der Waals surface area contributed by atoms with Gasteiger partial charge in [0.15, 0.2) is 0 Å². The maximum atomic E-state index is 13.0. The van der Waals surface area contributed by atoms with Crippen LogP contribution >= 0.6 is 11.6 Å². The van der Waals surface area contributed by atoms with Crippen LogP contribution < -0.4 is 5.56 Å². The zero-order valence-electron chi connectivity index (χ0n) is 14.4. The summed E-state index contributed by atoms with van der Waals surface area (Å²) in [6.07, 6.45) is 3.12. The van der Waals surface area contributed by atoms with E-state index in [1.165, 1.54) is 10.9 Å². The highest BCUT2D eigenvalue weighted by atomic mass is 35.5. The third-order valence-electron chi connectivity index (χ3n) is 4.12. The minimum atomic E-state index is -0.172. The highest BCUT2D eigenvalue weighted by Crippen LogP contribution is 2.19. The SMILES string of the molecule is C=CCN(Cc1ccccc1Cl)C(=O)c1ccc2c(=O)n(C)cnc2c1. The summed E-state index contributed by atoms with van der Waals surface area (Å²) in [5.74, 6) is -0.172. The molecule has 0 saturated carbocycles. The van der Waals surface area contributed by atoms with Gasteiger partial charge in [-0.15, -0.1) is 6.58 Å². The molecule has 0 aliphatic heterocycles. The van der Waals surface area contributed by atoms with Gasteiger partial charge >= 0.3 is 0 Å². The van der Waals surface area contributed by atoms with Gasteiger partial charge in [-0.3, -0.25) is 9.59 Å². The lowest BCUT2D eigenvalue weighted by molar-refractivity contribution is 0.0763. The summed E-state index contributed by atoms with van der Waals surface area (Å²) in [5.41, 5.74) is 1.67. The molecule has 0 N–H and O–H groups in total. The Morgan fingerprint density at radius 3 is 2.81 bits per heavy atom. The molecular weight excluding hydrogens is 350 g/mol. The van der Waals surface area contributed by atoms with Crippen molar-refractivity contribution in [3.63, 3.8) is 0 Å². The van der Waals surface area contributed by atoms with Crippen molar-refractivity contribution in [1.29, 1.82) is 0 Å². The van der Waals surface area contributed by atoms with E-state index in [2.05, 4.69) is 11.6 Å². The van der Waals surface area contributed by atoms with Gasteiger partial charge in [-0.05, 0) is 29.8 Å². The van der Waals surface area contributed by atoms with Crippen molar-refractivity contribution < 1.29 is 4.79 Å². The number of benzene rings is 2. The van der Waals surface area contributed by atoms with Crippen molar-refractivity contribution >= 4 is 28.4 Å². The first-order valence-corrected chi connectivity index (χ1v) is 8.48. The highest BCUT2D eigenvalue weighted by Gasteiger charge is 2.17. The first-order chi connectivity index (χ1) is 12.5. The van der Waals surface area contributed by atoms with Crippen LogP contribution in [-0.2, 0) is 13.6 Å². The molecule has 0 fully saturated rings. The van der Waals surface area contributed by atoms with Gasteiger partial charge in [0, 0.05) is 30.7 Å². The van der Waals surface area contributed by atoms with E-state index in [0.29, 0.717) is 34.6 Å². The fourth-order valence-corrected chi connectivity index (χ4v) is 2.93. The Morgan fingerprint density at radius 1 is 1.31 bits per heavy atom. The monoisotopic (exact) mass is 367 g/mol. The molecule has 0 unspecified atom stereocenters. The first-order valence-electron chi connectivity index (χ1n) is 8.10. The maximum absolute atomic E-state index is 13.0. The molecule has 0 spiro atoms. The number of nitrogens with zero attached hydrogens (tertiary/aromatic N) is 3. The lowest BCUT2D eigenvalue weighted by Crippen LogP contribution is -2.31. The lowest BCUT2D eigenvalue weighted by atomic mass is 10.1. The fraction of sp³-hybridized carbons (Fsp3) is 0.150. The Morgan fingerprint density at radius 2 is 2.08 bits per heavy atom. The van der Waals surface area contributed by atoms with Gasteiger partial charge < -0.3 is 9.47 Å². The Balaban J connectivity index is 1.95. The van der Waals surface area contributed by atoms with E-state index in [9.17, 15) is 9.59 Å². The summed E-state index contributed by atoms with van der Waals surface area (Å²) in [6.45, 7) is 4.48. The molecule has 0 aliphatic rings. The number of carbonyl (C=O) groups is 1. The normalized spacial score (nSPS) is 10.7. The van der Waals surface area contributed by atoms with Crippen LogP contribution in [-0.4, -0.2) is 26.9 Å². The molecule has 5 nitrogen and oxygen atoms in total. The number of rotatable bonds is 5. The molecule has 0 bridgehead atoms. The minimum Gasteiger partial charge on any atom is -0.331 e. The van der Waals surface area contributed by atoms with Crippen molar-refractivity contribution in [2.24, 2.45) is 7.05 Å². The van der Waals surface area contributed by atoms with Crippen LogP contribution in [0.15, 0.2) is 66.2 Å². The van der Waals surface area contributed by atoms with E-state index < -0.39 is 0 Å². The second kappa shape index (κ2) is 7.54. The molecule has 3 aromatic rings. The largest absolute Gasteiger partial charge is 0.331 e. The summed E-state index contributed by atoms with van der Waals surface area (Å²) < 4.78 is 1.41. The molecule has 0 atom stereocenters. The Labute approximate surface area is 156 Å². The fourth-order valence-electron chi connectivity index (χ4n) is 2.73. The molecule has 1 aromatic heterocycles. The van der Waals surface area contributed by atoms with Crippen molar-refractivity contribution in [2.45, 2.75) is 6.54 Å². The molecule has 0 aliphatic carbocycles. The van der Waals surface area contributed by atoms with Crippen LogP contribution in [0.25, 0.3) is 10.9 Å². The third-order valence-corrected chi connectivity index (χ3v) is 4.49. The summed E-state index contributed by atoms with van der Waals surface area (Å²) in [4.78, 5) is 31.0. The molecule has 2 aromatic carbocycles. The molecule has 6 heteroatoms. The van der Waals surface area contributed by atoms with Crippen LogP contribution in [0.4, 0.5) is 0 Å². The van der Waals surface area contributed by atoms with Crippen LogP contribution in [0, 0.1) is 0 Å². The maximum Gasteiger partial charge on any atom is 0.260 e. The average Bonchev–Trinajstić information content (AvgIpc) is 2.65. The predicted octanol–water partition coefficient (Wildman–Crippen LogP) is 3.42. The van der Waals surface area contributed by atoms with Crippen LogP contribution in [0.5, 0.6) is 0 Å². The van der Waals surface area contributed by atoms with Crippen molar-refractivity contribution in [3.8, 4) is 0 Å². The van der Waals surface area contributed by atoms with E-state index in [4.69, 9.17) is 11.6 Å². The van der Waals surface area contributed by atoms with E-state index in [1.807, 2.05) is 18.2 Å². The van der Waals surface area contributed by atoms with Crippen molar-refractivity contribution in [1.82, 2.24) is 14.5 Å². The molecule has 3 rings (SSSR count). The van der Waals surface area contributed by atoms with E-state index in [-0.39, 0.29) is 11.5 Å². The number of aryl methyl sites for hydroxylation is 1. The topological polar surface area (TPSA) is 55.2 Å². The summed E-state index contributed by atoms with van der Waals surface area (Å²) in [5, 5.41) is 1.09. The molecule has 132 valence electrons. The van der Waals surface area contributed by atoms with Gasteiger partial charge in [0.2, 0.25) is 0 Å². The number of carbonyl (C=O) groups excluding carboxylic acids is 1. The second-order valence-corrected chi connectivity index (χ2v) is 6.37. The number of hydrogen-bond acceptors (Lipinski definition) is 3. The number of hydrogen-bond donors (Lipinski definition) is 0. The van der Waals surface area contributed by atoms with Gasteiger partial charge in [-0.1, -0.05) is 35.9 Å². The van der Waals surface area contributed by atoms with Crippen LogP contribution in [0.3, 0.4) is 0 Å². The molecule has 26 heavy (non-hydrogen) atoms. The number of amides is 1. The van der Waals surface area contributed by atoms with Gasteiger partial charge in [0.1, 0.15) is 0 Å². The highest BCUT2D eigenvalue weighted by molar-refractivity contribution is 6.31. The number of fused-ring (bicyclic) bond motifs is 1. The van der Waals surface area contributed by atoms with Gasteiger partial charge in [-0.25, -0.2) is 4.98 Å². The van der Waals surface area contributed by atoms with E-state index in [0.717, 1.165) is 5.56 Å². The second-order valence-electron chi connectivity index (χ2n) is 5.96. The molecule has 1 heterocycles. The van der Waals surface area contributed by atoms with Crippen LogP contribution in [0.2, 0.25) is 5.02 Å². The zero-order chi connectivity index (χ0) is 18.7. The predicted molar refractivity (Wildman–Crippen MR) is 103 cm³/mol. The summed E-state index contributed by atoms with van der Waals surface area (Å²) in [6, 6.07) is 12.3. The van der Waals surface area contributed by atoms with Gasteiger partial charge in [0.05, 0.1) is 17.2 Å². The molecule has 0 radical (unpaired) electrons. The first kappa shape index (κ1) is 17.9. The third kappa shape index (κ3) is 3.53. The van der Waals surface area contributed by atoms with Crippen LogP contribution in [0.1, 0.15) is 15.9 Å². The molecule has 1 amide bonds. The minimum absolute atomic E-state index is 0.145. The smallest absolute Gasteiger partial charge is 0.260 e. The summed E-state index contributed by atoms with van der Waals surface area (Å²) >= 11 is 6.22. The van der Waals surface area contributed by atoms with Crippen molar-refractivity contribution in [2.75, 3.05) is 6.54 Å². The number of aromatic nitrogens is 2. The van der Waals surface area contributed by atoms with Gasteiger partial charge in [0.25, 0.3) is 11.5 Å². The molecule has 0 saturated heterocycles. The lowest BCUT2D eigenvalue weighted by Gasteiger charge is -2.22. The Bertz CT molecular complexity index is 1040.